The Morgan fingerprint density at radius 3 is 1.94 bits per heavy atom. The Morgan fingerprint density at radius 2 is 1.39 bits per heavy atom. The van der Waals surface area contributed by atoms with E-state index >= 15 is 0 Å². The van der Waals surface area contributed by atoms with E-state index < -0.39 is 12.6 Å². The van der Waals surface area contributed by atoms with Gasteiger partial charge < -0.3 is 24.4 Å². The molecule has 8 nitrogen and oxygen atoms in total. The number of benzene rings is 2. The lowest BCUT2D eigenvalue weighted by molar-refractivity contribution is -0.139. The first-order valence-electron chi connectivity index (χ1n) is 9.14. The van der Waals surface area contributed by atoms with Gasteiger partial charge in [-0.3, -0.25) is 9.59 Å². The van der Waals surface area contributed by atoms with E-state index in [0.29, 0.717) is 16.9 Å². The van der Waals surface area contributed by atoms with Crippen LogP contribution in [0.5, 0.6) is 23.0 Å². The molecule has 0 saturated heterocycles. The summed E-state index contributed by atoms with van der Waals surface area (Å²) in [5, 5.41) is 18.3. The predicted octanol–water partition coefficient (Wildman–Crippen LogP) is 3.13. The van der Waals surface area contributed by atoms with Crippen LogP contribution in [0.1, 0.15) is 17.5 Å². The number of phenolic OH excluding ortho intramolecular Hbond substituents is 1. The Kier molecular flexibility index (Phi) is 8.39. The van der Waals surface area contributed by atoms with E-state index in [4.69, 9.17) is 19.3 Å². The highest BCUT2D eigenvalue weighted by Gasteiger charge is 2.08. The van der Waals surface area contributed by atoms with Crippen molar-refractivity contribution in [2.24, 2.45) is 0 Å². The van der Waals surface area contributed by atoms with E-state index in [9.17, 15) is 19.5 Å². The van der Waals surface area contributed by atoms with Gasteiger partial charge in [-0.1, -0.05) is 24.3 Å². The number of allylic oxidation sites excluding steroid dienone is 2. The minimum absolute atomic E-state index is 0.00981. The maximum absolute atomic E-state index is 12.1. The fraction of sp³-hybridized carbons (Fsp3) is 0.174. The summed E-state index contributed by atoms with van der Waals surface area (Å²) in [4.78, 5) is 34.7. The minimum Gasteiger partial charge on any atom is -0.504 e. The number of ether oxygens (including phenoxy) is 3. The molecule has 0 aliphatic carbocycles. The molecule has 0 amide bonds. The zero-order chi connectivity index (χ0) is 22.8. The zero-order valence-electron chi connectivity index (χ0n) is 17.0. The standard InChI is InChI=1S/C23H22O8/c1-29-21-11-15(5-9-19(21)26)3-7-17(24)13-18(25)8-4-16-6-10-20(22(12-16)30-2)31-14-23(27)28/h3-12,26H,13-14H2,1-2H3,(H,27,28)/b7-3+,8-4+. The Labute approximate surface area is 179 Å². The van der Waals surface area contributed by atoms with Gasteiger partial charge in [0.15, 0.2) is 41.2 Å². The molecule has 0 spiro atoms. The van der Waals surface area contributed by atoms with E-state index in [1.807, 2.05) is 0 Å². The van der Waals surface area contributed by atoms with Crippen molar-refractivity contribution in [3.8, 4) is 23.0 Å². The minimum atomic E-state index is -1.11. The number of hydrogen-bond acceptors (Lipinski definition) is 7. The first-order chi connectivity index (χ1) is 14.8. The van der Waals surface area contributed by atoms with E-state index in [-0.39, 0.29) is 35.2 Å². The quantitative estimate of drug-likeness (QED) is 0.415. The molecule has 0 radical (unpaired) electrons. The highest BCUT2D eigenvalue weighted by molar-refractivity contribution is 6.10. The molecule has 2 aromatic rings. The molecular formula is C23H22O8. The molecule has 0 saturated carbocycles. The van der Waals surface area contributed by atoms with Gasteiger partial charge in [0, 0.05) is 0 Å². The van der Waals surface area contributed by atoms with Gasteiger partial charge in [-0.2, -0.15) is 0 Å². The van der Waals surface area contributed by atoms with Crippen LogP contribution in [0.15, 0.2) is 48.6 Å². The van der Waals surface area contributed by atoms with Crippen molar-refractivity contribution in [2.75, 3.05) is 20.8 Å². The van der Waals surface area contributed by atoms with Crippen molar-refractivity contribution in [1.29, 1.82) is 0 Å². The van der Waals surface area contributed by atoms with E-state index in [0.717, 1.165) is 0 Å². The third kappa shape index (κ3) is 7.36. The molecular weight excluding hydrogens is 404 g/mol. The topological polar surface area (TPSA) is 119 Å². The Morgan fingerprint density at radius 1 is 0.839 bits per heavy atom. The highest BCUT2D eigenvalue weighted by Crippen LogP contribution is 2.29. The van der Waals surface area contributed by atoms with E-state index in [2.05, 4.69) is 0 Å². The summed E-state index contributed by atoms with van der Waals surface area (Å²) in [5.41, 5.74) is 1.26. The monoisotopic (exact) mass is 426 g/mol. The summed E-state index contributed by atoms with van der Waals surface area (Å²) in [5.74, 6) is -1.02. The molecule has 0 unspecified atom stereocenters. The van der Waals surface area contributed by atoms with Crippen molar-refractivity contribution in [3.05, 3.63) is 59.7 Å². The number of carboxylic acids is 1. The van der Waals surface area contributed by atoms with E-state index in [1.54, 1.807) is 24.3 Å². The van der Waals surface area contributed by atoms with Crippen molar-refractivity contribution >= 4 is 29.7 Å². The number of carbonyl (C=O) groups is 3. The summed E-state index contributed by atoms with van der Waals surface area (Å²) in [7, 11) is 2.83. The Bertz CT molecular complexity index is 1020. The lowest BCUT2D eigenvalue weighted by atomic mass is 10.1. The summed E-state index contributed by atoms with van der Waals surface area (Å²) >= 11 is 0. The fourth-order valence-corrected chi connectivity index (χ4v) is 2.51. The molecule has 0 bridgehead atoms. The SMILES string of the molecule is COc1cc(/C=C/C(=O)CC(=O)/C=C/c2ccc(OCC(=O)O)c(OC)c2)ccc1O. The highest BCUT2D eigenvalue weighted by atomic mass is 16.5. The third-order valence-corrected chi connectivity index (χ3v) is 4.01. The van der Waals surface area contributed by atoms with Crippen molar-refractivity contribution in [3.63, 3.8) is 0 Å². The van der Waals surface area contributed by atoms with Crippen LogP contribution in [0.2, 0.25) is 0 Å². The number of hydrogen-bond donors (Lipinski definition) is 2. The van der Waals surface area contributed by atoms with Crippen molar-refractivity contribution in [1.82, 2.24) is 0 Å². The number of carbonyl (C=O) groups excluding carboxylic acids is 2. The van der Waals surface area contributed by atoms with Crippen LogP contribution >= 0.6 is 0 Å². The average Bonchev–Trinajstić information content (AvgIpc) is 2.75. The van der Waals surface area contributed by atoms with Crippen LogP contribution in [0.25, 0.3) is 12.2 Å². The molecule has 2 N–H and O–H groups in total. The fourth-order valence-electron chi connectivity index (χ4n) is 2.51. The third-order valence-electron chi connectivity index (χ3n) is 4.01. The van der Waals surface area contributed by atoms with Gasteiger partial charge in [0.1, 0.15) is 0 Å². The van der Waals surface area contributed by atoms with Gasteiger partial charge in [0.05, 0.1) is 20.6 Å². The zero-order valence-corrected chi connectivity index (χ0v) is 17.0. The van der Waals surface area contributed by atoms with Crippen LogP contribution in [0.4, 0.5) is 0 Å². The summed E-state index contributed by atoms with van der Waals surface area (Å²) < 4.78 is 15.3. The second-order valence-corrected chi connectivity index (χ2v) is 6.30. The first-order valence-corrected chi connectivity index (χ1v) is 9.14. The largest absolute Gasteiger partial charge is 0.504 e. The molecule has 0 heterocycles. The number of ketones is 2. The van der Waals surface area contributed by atoms with Crippen LogP contribution < -0.4 is 14.2 Å². The smallest absolute Gasteiger partial charge is 0.341 e. The predicted molar refractivity (Wildman–Crippen MR) is 113 cm³/mol. The van der Waals surface area contributed by atoms with Gasteiger partial charge in [0.2, 0.25) is 0 Å². The molecule has 0 atom stereocenters. The number of methoxy groups -OCH3 is 2. The summed E-state index contributed by atoms with van der Waals surface area (Å²) in [6, 6.07) is 9.37. The lowest BCUT2D eigenvalue weighted by Gasteiger charge is -2.09. The number of aliphatic carboxylic acids is 1. The second kappa shape index (κ2) is 11.2. The number of aromatic hydroxyl groups is 1. The van der Waals surface area contributed by atoms with Crippen LogP contribution in [0.3, 0.4) is 0 Å². The molecule has 31 heavy (non-hydrogen) atoms. The molecule has 8 heteroatoms. The lowest BCUT2D eigenvalue weighted by Crippen LogP contribution is -2.10. The van der Waals surface area contributed by atoms with Crippen LogP contribution in [0, 0.1) is 0 Å². The number of rotatable bonds is 11. The number of carboxylic acid groups (broad SMARTS) is 1. The molecule has 0 aliphatic heterocycles. The summed E-state index contributed by atoms with van der Waals surface area (Å²) in [6.45, 7) is -0.503. The summed E-state index contributed by atoms with van der Waals surface area (Å²) in [6.07, 6.45) is 5.31. The Balaban J connectivity index is 1.96. The van der Waals surface area contributed by atoms with Crippen LogP contribution in [-0.2, 0) is 14.4 Å². The molecule has 162 valence electrons. The van der Waals surface area contributed by atoms with Crippen molar-refractivity contribution in [2.45, 2.75) is 6.42 Å². The van der Waals surface area contributed by atoms with E-state index in [1.165, 1.54) is 50.7 Å². The molecule has 0 aromatic heterocycles. The van der Waals surface area contributed by atoms with Gasteiger partial charge in [-0.25, -0.2) is 4.79 Å². The van der Waals surface area contributed by atoms with Gasteiger partial charge in [-0.15, -0.1) is 0 Å². The Hall–Kier alpha value is -4.07. The second-order valence-electron chi connectivity index (χ2n) is 6.30. The normalized spacial score (nSPS) is 10.9. The molecule has 0 fully saturated rings. The van der Waals surface area contributed by atoms with Gasteiger partial charge >= 0.3 is 5.97 Å². The first kappa shape index (κ1) is 23.2. The average molecular weight is 426 g/mol. The number of phenols is 1. The van der Waals surface area contributed by atoms with Crippen LogP contribution in [-0.4, -0.2) is 48.6 Å². The van der Waals surface area contributed by atoms with Gasteiger partial charge in [-0.05, 0) is 47.5 Å². The maximum Gasteiger partial charge on any atom is 0.341 e. The maximum atomic E-state index is 12.1. The molecule has 2 aromatic carbocycles. The van der Waals surface area contributed by atoms with Crippen molar-refractivity contribution < 1.29 is 38.8 Å². The molecule has 2 rings (SSSR count). The molecule has 0 aliphatic rings. The van der Waals surface area contributed by atoms with Gasteiger partial charge in [0.25, 0.3) is 0 Å².